The number of fused-ring (bicyclic) bond motifs is 1. The Morgan fingerprint density at radius 2 is 1.74 bits per heavy atom. The number of sulfonamides is 1. The third-order valence-electron chi connectivity index (χ3n) is 4.74. The summed E-state index contributed by atoms with van der Waals surface area (Å²) in [5.74, 6) is -0.175. The number of carbonyl (C=O) groups is 1. The van der Waals surface area contributed by atoms with Gasteiger partial charge in [-0.05, 0) is 56.3 Å². The van der Waals surface area contributed by atoms with Crippen molar-refractivity contribution in [1.29, 1.82) is 0 Å². The molecule has 3 aromatic rings. The molecule has 0 spiro atoms. The molecule has 7 heteroatoms. The predicted octanol–water partition coefficient (Wildman–Crippen LogP) is 2.89. The smallest absolute Gasteiger partial charge is 0.268 e. The average molecular weight is 385 g/mol. The standard InChI is InChI=1S/C20H23N3O3S/c1-13-5-6-16-12-19(23(4)18(16)11-13)20(24)22-14(2)15-7-9-17(10-8-15)27(25,26)21-3/h5-12,14,21H,1-4H3,(H,22,24). The molecule has 2 N–H and O–H groups in total. The van der Waals surface area contributed by atoms with Gasteiger partial charge in [0.05, 0.1) is 10.9 Å². The maximum Gasteiger partial charge on any atom is 0.268 e. The van der Waals surface area contributed by atoms with Gasteiger partial charge in [-0.2, -0.15) is 0 Å². The van der Waals surface area contributed by atoms with E-state index < -0.39 is 10.0 Å². The second-order valence-electron chi connectivity index (χ2n) is 6.62. The zero-order chi connectivity index (χ0) is 19.8. The molecule has 142 valence electrons. The van der Waals surface area contributed by atoms with E-state index in [0.717, 1.165) is 22.0 Å². The maximum absolute atomic E-state index is 12.7. The fourth-order valence-electron chi connectivity index (χ4n) is 3.07. The Kier molecular flexibility index (Phi) is 5.08. The lowest BCUT2D eigenvalue weighted by Crippen LogP contribution is -2.28. The number of nitrogens with zero attached hydrogens (tertiary/aromatic N) is 1. The molecule has 0 aliphatic carbocycles. The Hall–Kier alpha value is -2.64. The van der Waals surface area contributed by atoms with E-state index >= 15 is 0 Å². The van der Waals surface area contributed by atoms with E-state index in [1.165, 1.54) is 19.2 Å². The van der Waals surface area contributed by atoms with Crippen LogP contribution in [0.3, 0.4) is 0 Å². The van der Waals surface area contributed by atoms with Crippen LogP contribution in [0.25, 0.3) is 10.9 Å². The average Bonchev–Trinajstić information content (AvgIpc) is 2.98. The van der Waals surface area contributed by atoms with Gasteiger partial charge in [0.15, 0.2) is 0 Å². The van der Waals surface area contributed by atoms with Crippen LogP contribution in [0.15, 0.2) is 53.4 Å². The molecular formula is C20H23N3O3S. The molecular weight excluding hydrogens is 362 g/mol. The first-order valence-corrected chi connectivity index (χ1v) is 10.1. The van der Waals surface area contributed by atoms with Crippen LogP contribution in [0.1, 0.15) is 34.6 Å². The number of aromatic nitrogens is 1. The van der Waals surface area contributed by atoms with Crippen LogP contribution in [0.2, 0.25) is 0 Å². The first-order chi connectivity index (χ1) is 12.7. The van der Waals surface area contributed by atoms with Crippen molar-refractivity contribution in [2.24, 2.45) is 7.05 Å². The van der Waals surface area contributed by atoms with E-state index in [-0.39, 0.29) is 16.8 Å². The Morgan fingerprint density at radius 3 is 2.37 bits per heavy atom. The highest BCUT2D eigenvalue weighted by Gasteiger charge is 2.17. The molecule has 6 nitrogen and oxygen atoms in total. The highest BCUT2D eigenvalue weighted by molar-refractivity contribution is 7.89. The minimum Gasteiger partial charge on any atom is -0.344 e. The van der Waals surface area contributed by atoms with Crippen molar-refractivity contribution in [3.8, 4) is 0 Å². The van der Waals surface area contributed by atoms with Crippen molar-refractivity contribution >= 4 is 26.8 Å². The van der Waals surface area contributed by atoms with Crippen LogP contribution in [0.5, 0.6) is 0 Å². The van der Waals surface area contributed by atoms with Crippen LogP contribution < -0.4 is 10.0 Å². The van der Waals surface area contributed by atoms with E-state index in [2.05, 4.69) is 16.1 Å². The Balaban J connectivity index is 1.81. The van der Waals surface area contributed by atoms with Crippen molar-refractivity contribution in [3.05, 3.63) is 65.4 Å². The first-order valence-electron chi connectivity index (χ1n) is 8.63. The van der Waals surface area contributed by atoms with Gasteiger partial charge in [-0.1, -0.05) is 24.3 Å². The number of hydrogen-bond donors (Lipinski definition) is 2. The summed E-state index contributed by atoms with van der Waals surface area (Å²) in [6, 6.07) is 14.2. The summed E-state index contributed by atoms with van der Waals surface area (Å²) in [6.07, 6.45) is 0. The molecule has 0 aliphatic heterocycles. The van der Waals surface area contributed by atoms with Crippen LogP contribution >= 0.6 is 0 Å². The van der Waals surface area contributed by atoms with E-state index in [9.17, 15) is 13.2 Å². The molecule has 1 atom stereocenters. The molecule has 1 amide bonds. The zero-order valence-electron chi connectivity index (χ0n) is 15.8. The van der Waals surface area contributed by atoms with Crippen LogP contribution in [0.4, 0.5) is 0 Å². The fraction of sp³-hybridized carbons (Fsp3) is 0.250. The molecule has 0 bridgehead atoms. The SMILES string of the molecule is CNS(=O)(=O)c1ccc(C(C)NC(=O)c2cc3ccc(C)cc3n2C)cc1. The lowest BCUT2D eigenvalue weighted by molar-refractivity contribution is 0.0932. The van der Waals surface area contributed by atoms with Crippen LogP contribution in [-0.2, 0) is 17.1 Å². The van der Waals surface area contributed by atoms with E-state index in [1.807, 2.05) is 43.7 Å². The number of carbonyl (C=O) groups excluding carboxylic acids is 1. The number of aryl methyl sites for hydroxylation is 2. The van der Waals surface area contributed by atoms with E-state index in [1.54, 1.807) is 12.1 Å². The summed E-state index contributed by atoms with van der Waals surface area (Å²) in [6.45, 7) is 3.89. The molecule has 27 heavy (non-hydrogen) atoms. The number of nitrogens with one attached hydrogen (secondary N) is 2. The molecule has 1 heterocycles. The van der Waals surface area contributed by atoms with Gasteiger partial charge in [-0.25, -0.2) is 13.1 Å². The van der Waals surface area contributed by atoms with Crippen molar-refractivity contribution in [2.75, 3.05) is 7.05 Å². The fourth-order valence-corrected chi connectivity index (χ4v) is 3.80. The molecule has 3 rings (SSSR count). The highest BCUT2D eigenvalue weighted by atomic mass is 32.2. The van der Waals surface area contributed by atoms with E-state index in [4.69, 9.17) is 0 Å². The van der Waals surface area contributed by atoms with Crippen molar-refractivity contribution < 1.29 is 13.2 Å². The lowest BCUT2D eigenvalue weighted by atomic mass is 10.1. The first kappa shape index (κ1) is 19.1. The third-order valence-corrected chi connectivity index (χ3v) is 6.17. The number of amides is 1. The zero-order valence-corrected chi connectivity index (χ0v) is 16.6. The molecule has 2 aromatic carbocycles. The van der Waals surface area contributed by atoms with Gasteiger partial charge in [0.2, 0.25) is 10.0 Å². The van der Waals surface area contributed by atoms with Crippen molar-refractivity contribution in [2.45, 2.75) is 24.8 Å². The topological polar surface area (TPSA) is 80.2 Å². The number of hydrogen-bond acceptors (Lipinski definition) is 3. The Bertz CT molecular complexity index is 1100. The molecule has 0 aliphatic rings. The van der Waals surface area contributed by atoms with Gasteiger partial charge in [-0.15, -0.1) is 0 Å². The van der Waals surface area contributed by atoms with Gasteiger partial charge in [0, 0.05) is 18.0 Å². The third kappa shape index (κ3) is 3.74. The summed E-state index contributed by atoms with van der Waals surface area (Å²) >= 11 is 0. The molecule has 0 radical (unpaired) electrons. The summed E-state index contributed by atoms with van der Waals surface area (Å²) < 4.78 is 27.8. The largest absolute Gasteiger partial charge is 0.344 e. The minimum atomic E-state index is -3.47. The lowest BCUT2D eigenvalue weighted by Gasteiger charge is -2.15. The second-order valence-corrected chi connectivity index (χ2v) is 8.51. The quantitative estimate of drug-likeness (QED) is 0.709. The number of rotatable bonds is 5. The monoisotopic (exact) mass is 385 g/mol. The number of benzene rings is 2. The van der Waals surface area contributed by atoms with E-state index in [0.29, 0.717) is 5.69 Å². The summed E-state index contributed by atoms with van der Waals surface area (Å²) in [7, 11) is -0.225. The van der Waals surface area contributed by atoms with Gasteiger partial charge in [-0.3, -0.25) is 4.79 Å². The normalized spacial score (nSPS) is 12.9. The summed E-state index contributed by atoms with van der Waals surface area (Å²) in [5.41, 5.74) is 3.56. The van der Waals surface area contributed by atoms with Gasteiger partial charge >= 0.3 is 0 Å². The van der Waals surface area contributed by atoms with Crippen molar-refractivity contribution in [1.82, 2.24) is 14.6 Å². The molecule has 0 saturated carbocycles. The van der Waals surface area contributed by atoms with Crippen LogP contribution in [0, 0.1) is 6.92 Å². The second kappa shape index (κ2) is 7.17. The Morgan fingerprint density at radius 1 is 1.07 bits per heavy atom. The molecule has 1 aromatic heterocycles. The molecule has 0 saturated heterocycles. The van der Waals surface area contributed by atoms with Crippen molar-refractivity contribution in [3.63, 3.8) is 0 Å². The summed E-state index contributed by atoms with van der Waals surface area (Å²) in [5, 5.41) is 3.99. The van der Waals surface area contributed by atoms with Gasteiger partial charge in [0.25, 0.3) is 5.91 Å². The van der Waals surface area contributed by atoms with Gasteiger partial charge < -0.3 is 9.88 Å². The maximum atomic E-state index is 12.7. The van der Waals surface area contributed by atoms with Crippen LogP contribution in [-0.4, -0.2) is 25.9 Å². The summed E-state index contributed by atoms with van der Waals surface area (Å²) in [4.78, 5) is 12.9. The van der Waals surface area contributed by atoms with Gasteiger partial charge in [0.1, 0.15) is 5.69 Å². The predicted molar refractivity (Wildman–Crippen MR) is 106 cm³/mol. The Labute approximate surface area is 159 Å². The highest BCUT2D eigenvalue weighted by Crippen LogP contribution is 2.21. The molecule has 0 fully saturated rings. The molecule has 1 unspecified atom stereocenters. The minimum absolute atomic E-state index is 0.175.